The van der Waals surface area contributed by atoms with Crippen LogP contribution < -0.4 is 14.4 Å². The van der Waals surface area contributed by atoms with Crippen molar-refractivity contribution < 1.29 is 17.9 Å². The van der Waals surface area contributed by atoms with Gasteiger partial charge in [-0.1, -0.05) is 23.8 Å². The molecule has 0 aliphatic carbocycles. The summed E-state index contributed by atoms with van der Waals surface area (Å²) in [5.74, 6) is 0.650. The Hall–Kier alpha value is -2.54. The van der Waals surface area contributed by atoms with E-state index in [-0.39, 0.29) is 17.7 Å². The van der Waals surface area contributed by atoms with E-state index in [1.54, 1.807) is 24.3 Å². The Morgan fingerprint density at radius 2 is 1.93 bits per heavy atom. The molecule has 1 aliphatic heterocycles. The van der Waals surface area contributed by atoms with E-state index in [1.807, 2.05) is 38.1 Å². The van der Waals surface area contributed by atoms with Crippen LogP contribution in [-0.4, -0.2) is 39.3 Å². The fourth-order valence-corrected chi connectivity index (χ4v) is 4.72. The van der Waals surface area contributed by atoms with Gasteiger partial charge in [-0.15, -0.1) is 0 Å². The number of nitrogens with one attached hydrogen (secondary N) is 1. The third-order valence-corrected chi connectivity index (χ3v) is 6.51. The summed E-state index contributed by atoms with van der Waals surface area (Å²) in [4.78, 5) is 12.6. The monoisotopic (exact) mass is 402 g/mol. The Morgan fingerprint density at radius 1 is 1.18 bits per heavy atom. The first-order valence-electron chi connectivity index (χ1n) is 9.46. The molecule has 2 aromatic carbocycles. The van der Waals surface area contributed by atoms with Crippen LogP contribution in [0.1, 0.15) is 35.7 Å². The van der Waals surface area contributed by atoms with Gasteiger partial charge in [-0.2, -0.15) is 0 Å². The van der Waals surface area contributed by atoms with Gasteiger partial charge in [-0.25, -0.2) is 8.42 Å². The molecular weight excluding hydrogens is 376 g/mol. The van der Waals surface area contributed by atoms with E-state index in [9.17, 15) is 13.2 Å². The number of aryl methyl sites for hydroxylation is 1. The first-order chi connectivity index (χ1) is 13.3. The molecule has 7 heteroatoms. The number of nitrogens with zero attached hydrogens (tertiary/aromatic N) is 1. The number of hydrogen-bond donors (Lipinski definition) is 1. The number of ether oxygens (including phenoxy) is 1. The van der Waals surface area contributed by atoms with Crippen molar-refractivity contribution in [3.63, 3.8) is 0 Å². The van der Waals surface area contributed by atoms with Gasteiger partial charge >= 0.3 is 0 Å². The molecular formula is C21H26N2O4S. The molecule has 1 N–H and O–H groups in total. The fraction of sp³-hybridized carbons (Fsp3) is 0.381. The highest BCUT2D eigenvalue weighted by Crippen LogP contribution is 2.24. The average molecular weight is 403 g/mol. The van der Waals surface area contributed by atoms with Crippen molar-refractivity contribution >= 4 is 21.6 Å². The highest BCUT2D eigenvalue weighted by atomic mass is 32.2. The molecule has 150 valence electrons. The van der Waals surface area contributed by atoms with E-state index >= 15 is 0 Å². The van der Waals surface area contributed by atoms with E-state index in [0.29, 0.717) is 30.8 Å². The second-order valence-electron chi connectivity index (χ2n) is 7.14. The van der Waals surface area contributed by atoms with Crippen LogP contribution >= 0.6 is 0 Å². The molecule has 6 nitrogen and oxygen atoms in total. The van der Waals surface area contributed by atoms with Crippen LogP contribution in [0.3, 0.4) is 0 Å². The van der Waals surface area contributed by atoms with Gasteiger partial charge in [-0.3, -0.25) is 9.10 Å². The Labute approximate surface area is 166 Å². The van der Waals surface area contributed by atoms with Gasteiger partial charge in [0.1, 0.15) is 12.4 Å². The Kier molecular flexibility index (Phi) is 6.24. The predicted molar refractivity (Wildman–Crippen MR) is 110 cm³/mol. The maximum atomic E-state index is 12.6. The van der Waals surface area contributed by atoms with Crippen LogP contribution in [0, 0.1) is 6.92 Å². The number of anilines is 1. The van der Waals surface area contributed by atoms with Crippen molar-refractivity contribution in [1.82, 2.24) is 5.32 Å². The number of rotatable bonds is 6. The molecule has 0 unspecified atom stereocenters. The predicted octanol–water partition coefficient (Wildman–Crippen LogP) is 3.12. The molecule has 1 saturated heterocycles. The lowest BCUT2D eigenvalue weighted by molar-refractivity contribution is 0.0926. The molecule has 1 fully saturated rings. The van der Waals surface area contributed by atoms with Crippen molar-refractivity contribution in [2.24, 2.45) is 0 Å². The van der Waals surface area contributed by atoms with Crippen LogP contribution in [0.4, 0.5) is 5.69 Å². The normalized spacial score (nSPS) is 17.0. The molecule has 2 aromatic rings. The number of benzene rings is 2. The van der Waals surface area contributed by atoms with Gasteiger partial charge in [0.25, 0.3) is 5.91 Å². The lowest BCUT2D eigenvalue weighted by Gasteiger charge is -2.28. The van der Waals surface area contributed by atoms with Gasteiger partial charge < -0.3 is 10.1 Å². The van der Waals surface area contributed by atoms with Crippen molar-refractivity contribution in [2.75, 3.05) is 23.2 Å². The number of sulfonamides is 1. The van der Waals surface area contributed by atoms with Crippen LogP contribution in [0.2, 0.25) is 0 Å². The van der Waals surface area contributed by atoms with Gasteiger partial charge in [0.15, 0.2) is 0 Å². The quantitative estimate of drug-likeness (QED) is 0.806. The third-order valence-electron chi connectivity index (χ3n) is 4.64. The second kappa shape index (κ2) is 8.65. The maximum Gasteiger partial charge on any atom is 0.251 e. The highest BCUT2D eigenvalue weighted by molar-refractivity contribution is 7.92. The van der Waals surface area contributed by atoms with Crippen molar-refractivity contribution in [1.29, 1.82) is 0 Å². The van der Waals surface area contributed by atoms with Crippen LogP contribution in [-0.2, 0) is 10.0 Å². The van der Waals surface area contributed by atoms with Crippen LogP contribution in [0.15, 0.2) is 48.5 Å². The first-order valence-corrected chi connectivity index (χ1v) is 11.1. The van der Waals surface area contributed by atoms with E-state index in [0.717, 1.165) is 17.7 Å². The zero-order valence-electron chi connectivity index (χ0n) is 16.2. The lowest BCUT2D eigenvalue weighted by Crippen LogP contribution is -2.38. The van der Waals surface area contributed by atoms with Crippen LogP contribution in [0.5, 0.6) is 5.75 Å². The lowest BCUT2D eigenvalue weighted by atomic mass is 10.1. The Morgan fingerprint density at radius 3 is 2.64 bits per heavy atom. The van der Waals surface area contributed by atoms with Gasteiger partial charge in [0.05, 0.1) is 17.5 Å². The highest BCUT2D eigenvalue weighted by Gasteiger charge is 2.26. The number of hydrogen-bond acceptors (Lipinski definition) is 4. The molecule has 1 aliphatic rings. The summed E-state index contributed by atoms with van der Waals surface area (Å²) in [6.07, 6.45) is 1.50. The minimum Gasteiger partial charge on any atom is -0.491 e. The molecule has 28 heavy (non-hydrogen) atoms. The summed E-state index contributed by atoms with van der Waals surface area (Å²) >= 11 is 0. The summed E-state index contributed by atoms with van der Waals surface area (Å²) in [5, 5.41) is 2.90. The van der Waals surface area contributed by atoms with Crippen molar-refractivity contribution in [3.8, 4) is 5.75 Å². The maximum absolute atomic E-state index is 12.6. The van der Waals surface area contributed by atoms with Crippen LogP contribution in [0.25, 0.3) is 0 Å². The topological polar surface area (TPSA) is 75.7 Å². The van der Waals surface area contributed by atoms with E-state index in [2.05, 4.69) is 5.32 Å². The molecule has 0 radical (unpaired) electrons. The summed E-state index contributed by atoms with van der Waals surface area (Å²) in [5.41, 5.74) is 2.13. The van der Waals surface area contributed by atoms with Gasteiger partial charge in [0, 0.05) is 12.1 Å². The average Bonchev–Trinajstić information content (AvgIpc) is 2.67. The first kappa shape index (κ1) is 20.2. The van der Waals surface area contributed by atoms with Crippen molar-refractivity contribution in [2.45, 2.75) is 32.7 Å². The van der Waals surface area contributed by atoms with Gasteiger partial charge in [-0.05, 0) is 57.0 Å². The number of amides is 1. The summed E-state index contributed by atoms with van der Waals surface area (Å²) in [7, 11) is -3.30. The van der Waals surface area contributed by atoms with E-state index in [4.69, 9.17) is 4.74 Å². The molecule has 1 heterocycles. The zero-order chi connectivity index (χ0) is 20.1. The summed E-state index contributed by atoms with van der Waals surface area (Å²) in [6.45, 7) is 4.67. The minimum atomic E-state index is -3.30. The number of carbonyl (C=O) groups is 1. The van der Waals surface area contributed by atoms with E-state index < -0.39 is 10.0 Å². The number of carbonyl (C=O) groups excluding carboxylic acids is 1. The molecule has 1 atom stereocenters. The standard InChI is InChI=1S/C21H26N2O4S/c1-16-8-10-20(11-9-16)27-15-17(2)22-21(24)18-6-5-7-19(14-18)23-12-3-4-13-28(23,25)26/h5-11,14,17H,3-4,12-13,15H2,1-2H3,(H,22,24)/t17-/m0/s1. The second-order valence-corrected chi connectivity index (χ2v) is 9.16. The zero-order valence-corrected chi connectivity index (χ0v) is 17.0. The molecule has 0 spiro atoms. The molecule has 3 rings (SSSR count). The Bertz CT molecular complexity index is 926. The minimum absolute atomic E-state index is 0.150. The van der Waals surface area contributed by atoms with E-state index in [1.165, 1.54) is 4.31 Å². The molecule has 0 bridgehead atoms. The van der Waals surface area contributed by atoms with Crippen molar-refractivity contribution in [3.05, 3.63) is 59.7 Å². The summed E-state index contributed by atoms with van der Waals surface area (Å²) < 4.78 is 31.7. The Balaban J connectivity index is 1.61. The smallest absolute Gasteiger partial charge is 0.251 e. The SMILES string of the molecule is Cc1ccc(OC[C@H](C)NC(=O)c2cccc(N3CCCCS3(=O)=O)c2)cc1. The summed E-state index contributed by atoms with van der Waals surface area (Å²) in [6, 6.07) is 14.3. The largest absolute Gasteiger partial charge is 0.491 e. The van der Waals surface area contributed by atoms with Gasteiger partial charge in [0.2, 0.25) is 10.0 Å². The molecule has 0 aromatic heterocycles. The third kappa shape index (κ3) is 5.04. The fourth-order valence-electron chi connectivity index (χ4n) is 3.09. The molecule has 1 amide bonds. The molecule has 0 saturated carbocycles.